The van der Waals surface area contributed by atoms with Crippen molar-refractivity contribution in [3.05, 3.63) is 71.0 Å². The van der Waals surface area contributed by atoms with Gasteiger partial charge in [0.05, 0.1) is 29.6 Å². The molecule has 2 heterocycles. The van der Waals surface area contributed by atoms with E-state index < -0.39 is 0 Å². The van der Waals surface area contributed by atoms with E-state index in [1.165, 1.54) is 11.8 Å². The summed E-state index contributed by atoms with van der Waals surface area (Å²) in [6.07, 6.45) is 0. The number of piperazine rings is 1. The standard InChI is InChI=1S/C24H27ClN6O2S/c1-18-27-28-24(31(18)15-19-7-3-2-4-8-19)34-17-23(33)30-13-11-29(12-14-30)16-22(32)26-21-10-6-5-9-20(21)25/h2-10H,11-17H2,1H3,(H,26,32). The van der Waals surface area contributed by atoms with Crippen LogP contribution in [0.5, 0.6) is 0 Å². The Labute approximate surface area is 208 Å². The molecule has 1 aromatic heterocycles. The molecule has 2 amide bonds. The maximum absolute atomic E-state index is 12.8. The first-order valence-electron chi connectivity index (χ1n) is 11.1. The number of nitrogens with zero attached hydrogens (tertiary/aromatic N) is 5. The summed E-state index contributed by atoms with van der Waals surface area (Å²) in [5.41, 5.74) is 1.77. The molecule has 0 bridgehead atoms. The van der Waals surface area contributed by atoms with E-state index in [9.17, 15) is 9.59 Å². The van der Waals surface area contributed by atoms with Crippen LogP contribution in [0.2, 0.25) is 5.02 Å². The van der Waals surface area contributed by atoms with E-state index in [0.29, 0.717) is 49.2 Å². The van der Waals surface area contributed by atoms with E-state index in [1.54, 1.807) is 12.1 Å². The Bertz CT molecular complexity index is 1130. The minimum absolute atomic E-state index is 0.0667. The van der Waals surface area contributed by atoms with Gasteiger partial charge in [-0.1, -0.05) is 65.8 Å². The molecule has 1 aliphatic heterocycles. The van der Waals surface area contributed by atoms with Crippen LogP contribution in [0.1, 0.15) is 11.4 Å². The Kier molecular flexibility index (Phi) is 8.21. The fourth-order valence-corrected chi connectivity index (χ4v) is 4.81. The second kappa shape index (κ2) is 11.5. The molecule has 34 heavy (non-hydrogen) atoms. The van der Waals surface area contributed by atoms with Crippen LogP contribution >= 0.6 is 23.4 Å². The number of para-hydroxylation sites is 1. The topological polar surface area (TPSA) is 83.4 Å². The lowest BCUT2D eigenvalue weighted by atomic mass is 10.2. The number of hydrogen-bond acceptors (Lipinski definition) is 6. The highest BCUT2D eigenvalue weighted by atomic mass is 35.5. The molecule has 8 nitrogen and oxygen atoms in total. The highest BCUT2D eigenvalue weighted by Gasteiger charge is 2.23. The minimum atomic E-state index is -0.114. The van der Waals surface area contributed by atoms with Crippen molar-refractivity contribution < 1.29 is 9.59 Å². The van der Waals surface area contributed by atoms with Gasteiger partial charge in [-0.2, -0.15) is 0 Å². The van der Waals surface area contributed by atoms with E-state index in [-0.39, 0.29) is 18.4 Å². The van der Waals surface area contributed by atoms with Gasteiger partial charge in [-0.3, -0.25) is 14.5 Å². The quantitative estimate of drug-likeness (QED) is 0.480. The van der Waals surface area contributed by atoms with Gasteiger partial charge in [0.15, 0.2) is 5.16 Å². The van der Waals surface area contributed by atoms with Crippen LogP contribution in [0.3, 0.4) is 0 Å². The molecule has 3 aromatic rings. The van der Waals surface area contributed by atoms with Gasteiger partial charge in [0.25, 0.3) is 0 Å². The SMILES string of the molecule is Cc1nnc(SCC(=O)N2CCN(CC(=O)Nc3ccccc3Cl)CC2)n1Cc1ccccc1. The number of carbonyl (C=O) groups excluding carboxylic acids is 2. The van der Waals surface area contributed by atoms with Gasteiger partial charge in [-0.25, -0.2) is 0 Å². The maximum Gasteiger partial charge on any atom is 0.238 e. The van der Waals surface area contributed by atoms with Crippen LogP contribution < -0.4 is 5.32 Å². The predicted molar refractivity (Wildman–Crippen MR) is 134 cm³/mol. The van der Waals surface area contributed by atoms with E-state index >= 15 is 0 Å². The number of amides is 2. The van der Waals surface area contributed by atoms with Gasteiger partial charge >= 0.3 is 0 Å². The van der Waals surface area contributed by atoms with Gasteiger partial charge in [0, 0.05) is 26.2 Å². The van der Waals surface area contributed by atoms with Crippen LogP contribution in [0.15, 0.2) is 59.8 Å². The molecule has 0 atom stereocenters. The van der Waals surface area contributed by atoms with Crippen molar-refractivity contribution in [1.82, 2.24) is 24.6 Å². The fraction of sp³-hybridized carbons (Fsp3) is 0.333. The molecule has 1 aliphatic rings. The van der Waals surface area contributed by atoms with E-state index in [0.717, 1.165) is 16.5 Å². The highest BCUT2D eigenvalue weighted by Crippen LogP contribution is 2.21. The molecule has 0 spiro atoms. The number of aromatic nitrogens is 3. The van der Waals surface area contributed by atoms with Crippen LogP contribution in [0.25, 0.3) is 0 Å². The molecular weight excluding hydrogens is 472 g/mol. The van der Waals surface area contributed by atoms with Crippen molar-refractivity contribution >= 4 is 40.9 Å². The lowest BCUT2D eigenvalue weighted by Crippen LogP contribution is -2.50. The molecule has 2 aromatic carbocycles. The van der Waals surface area contributed by atoms with Gasteiger partial charge in [-0.15, -0.1) is 10.2 Å². The first kappa shape index (κ1) is 24.3. The fourth-order valence-electron chi connectivity index (χ4n) is 3.74. The molecule has 0 unspecified atom stereocenters. The number of nitrogens with one attached hydrogen (secondary N) is 1. The number of thioether (sulfide) groups is 1. The Morgan fingerprint density at radius 1 is 1.00 bits per heavy atom. The zero-order valence-electron chi connectivity index (χ0n) is 19.0. The summed E-state index contributed by atoms with van der Waals surface area (Å²) in [6, 6.07) is 17.3. The van der Waals surface area contributed by atoms with Crippen molar-refractivity contribution in [3.8, 4) is 0 Å². The van der Waals surface area contributed by atoms with Crippen molar-refractivity contribution in [2.45, 2.75) is 18.6 Å². The second-order valence-corrected chi connectivity index (χ2v) is 9.42. The number of aryl methyl sites for hydroxylation is 1. The third kappa shape index (κ3) is 6.37. The third-order valence-corrected chi connectivity index (χ3v) is 6.93. The molecular formula is C24H27ClN6O2S. The predicted octanol–water partition coefficient (Wildman–Crippen LogP) is 3.16. The minimum Gasteiger partial charge on any atom is -0.339 e. The Morgan fingerprint density at radius 3 is 2.44 bits per heavy atom. The zero-order chi connectivity index (χ0) is 23.9. The summed E-state index contributed by atoms with van der Waals surface area (Å²) in [4.78, 5) is 29.0. The molecule has 0 radical (unpaired) electrons. The summed E-state index contributed by atoms with van der Waals surface area (Å²) in [7, 11) is 0. The van der Waals surface area contributed by atoms with E-state index in [1.807, 2.05) is 51.6 Å². The van der Waals surface area contributed by atoms with Crippen LogP contribution in [0, 0.1) is 6.92 Å². The van der Waals surface area contributed by atoms with Crippen molar-refractivity contribution in [2.24, 2.45) is 0 Å². The normalized spacial score (nSPS) is 14.2. The lowest BCUT2D eigenvalue weighted by molar-refractivity contribution is -0.130. The maximum atomic E-state index is 12.8. The van der Waals surface area contributed by atoms with E-state index in [4.69, 9.17) is 11.6 Å². The number of halogens is 1. The lowest BCUT2D eigenvalue weighted by Gasteiger charge is -2.34. The highest BCUT2D eigenvalue weighted by molar-refractivity contribution is 7.99. The zero-order valence-corrected chi connectivity index (χ0v) is 20.6. The summed E-state index contributed by atoms with van der Waals surface area (Å²) in [6.45, 7) is 5.34. The molecule has 0 saturated carbocycles. The molecule has 1 fully saturated rings. The molecule has 4 rings (SSSR count). The molecule has 1 saturated heterocycles. The molecule has 178 valence electrons. The first-order valence-corrected chi connectivity index (χ1v) is 12.5. The number of rotatable bonds is 8. The second-order valence-electron chi connectivity index (χ2n) is 8.08. The summed E-state index contributed by atoms with van der Waals surface area (Å²) < 4.78 is 2.03. The van der Waals surface area contributed by atoms with Gasteiger partial charge in [-0.05, 0) is 24.6 Å². The largest absolute Gasteiger partial charge is 0.339 e. The Hall–Kier alpha value is -2.88. The van der Waals surface area contributed by atoms with Crippen molar-refractivity contribution in [3.63, 3.8) is 0 Å². The monoisotopic (exact) mass is 498 g/mol. The molecule has 0 aliphatic carbocycles. The van der Waals surface area contributed by atoms with Crippen molar-refractivity contribution in [2.75, 3.05) is 43.8 Å². The number of hydrogen-bond donors (Lipinski definition) is 1. The smallest absolute Gasteiger partial charge is 0.238 e. The third-order valence-electron chi connectivity index (χ3n) is 5.65. The van der Waals surface area contributed by atoms with Crippen LogP contribution in [-0.4, -0.2) is 74.9 Å². The van der Waals surface area contributed by atoms with Gasteiger partial charge in [0.2, 0.25) is 11.8 Å². The average molecular weight is 499 g/mol. The van der Waals surface area contributed by atoms with Gasteiger partial charge in [0.1, 0.15) is 5.82 Å². The van der Waals surface area contributed by atoms with E-state index in [2.05, 4.69) is 27.6 Å². The summed E-state index contributed by atoms with van der Waals surface area (Å²) >= 11 is 7.52. The van der Waals surface area contributed by atoms with Crippen LogP contribution in [0.4, 0.5) is 5.69 Å². The number of anilines is 1. The van der Waals surface area contributed by atoms with Crippen LogP contribution in [-0.2, 0) is 16.1 Å². The summed E-state index contributed by atoms with van der Waals surface area (Å²) in [5.74, 6) is 1.08. The Balaban J connectivity index is 1.23. The first-order chi connectivity index (χ1) is 16.5. The Morgan fingerprint density at radius 2 is 1.71 bits per heavy atom. The summed E-state index contributed by atoms with van der Waals surface area (Å²) in [5, 5.41) is 12.5. The molecule has 10 heteroatoms. The van der Waals surface area contributed by atoms with Gasteiger partial charge < -0.3 is 14.8 Å². The molecule has 1 N–H and O–H groups in total. The van der Waals surface area contributed by atoms with Crippen molar-refractivity contribution in [1.29, 1.82) is 0 Å². The average Bonchev–Trinajstić information content (AvgIpc) is 3.19. The number of benzene rings is 2. The number of carbonyl (C=O) groups is 2.